The number of hydrogen-bond donors (Lipinski definition) is 1. The number of amides is 1. The Balaban J connectivity index is 2.04. The van der Waals surface area contributed by atoms with Crippen LogP contribution >= 0.6 is 11.6 Å². The topological polar surface area (TPSA) is 41.6 Å². The first-order valence-electron chi connectivity index (χ1n) is 6.63. The van der Waals surface area contributed by atoms with Gasteiger partial charge in [-0.25, -0.2) is 0 Å². The summed E-state index contributed by atoms with van der Waals surface area (Å²) in [5.41, 5.74) is 1.38. The fourth-order valence-corrected chi connectivity index (χ4v) is 2.20. The molecule has 1 atom stereocenters. The number of halogens is 1. The van der Waals surface area contributed by atoms with Crippen LogP contribution in [0, 0.1) is 0 Å². The van der Waals surface area contributed by atoms with Crippen molar-refractivity contribution >= 4 is 23.2 Å². The van der Waals surface area contributed by atoms with Crippen LogP contribution in [0.1, 0.15) is 23.2 Å². The maximum Gasteiger partial charge on any atom is 0.253 e. The zero-order valence-corrected chi connectivity index (χ0v) is 12.5. The Hall–Kier alpha value is -1.68. The fraction of sp³-hybridized carbons (Fsp3) is 0.400. The largest absolute Gasteiger partial charge is 0.497 e. The second-order valence-corrected chi connectivity index (χ2v) is 5.39. The van der Waals surface area contributed by atoms with Crippen LogP contribution in [0.25, 0.3) is 0 Å². The zero-order chi connectivity index (χ0) is 14.5. The van der Waals surface area contributed by atoms with Crippen LogP contribution in [0.15, 0.2) is 30.5 Å². The van der Waals surface area contributed by atoms with Crippen LogP contribution in [0.2, 0.25) is 5.02 Å². The Bertz CT molecular complexity index is 515. The second-order valence-electron chi connectivity index (χ2n) is 4.98. The van der Waals surface area contributed by atoms with Crippen molar-refractivity contribution in [3.63, 3.8) is 0 Å². The van der Waals surface area contributed by atoms with Crippen molar-refractivity contribution in [1.82, 2.24) is 4.90 Å². The molecular formula is C15H19ClN2O2. The van der Waals surface area contributed by atoms with E-state index in [1.54, 1.807) is 43.5 Å². The summed E-state index contributed by atoms with van der Waals surface area (Å²) in [4.78, 5) is 13.5. The van der Waals surface area contributed by atoms with Gasteiger partial charge in [-0.2, -0.15) is 0 Å². The third-order valence-electron chi connectivity index (χ3n) is 3.16. The van der Waals surface area contributed by atoms with Crippen LogP contribution in [0.5, 0.6) is 0 Å². The zero-order valence-electron chi connectivity index (χ0n) is 11.7. The lowest BCUT2D eigenvalue weighted by Crippen LogP contribution is -2.24. The lowest BCUT2D eigenvalue weighted by Gasteiger charge is -2.21. The van der Waals surface area contributed by atoms with E-state index in [2.05, 4.69) is 5.32 Å². The van der Waals surface area contributed by atoms with Crippen LogP contribution in [0.3, 0.4) is 0 Å². The number of benzene rings is 1. The molecule has 0 aliphatic carbocycles. The van der Waals surface area contributed by atoms with Crippen molar-refractivity contribution in [2.24, 2.45) is 0 Å². The molecular weight excluding hydrogens is 276 g/mol. The van der Waals surface area contributed by atoms with E-state index in [-0.39, 0.29) is 12.0 Å². The fourth-order valence-electron chi connectivity index (χ4n) is 2.01. The molecule has 1 N–H and O–H groups in total. The van der Waals surface area contributed by atoms with E-state index in [0.717, 1.165) is 18.5 Å². The summed E-state index contributed by atoms with van der Waals surface area (Å²) in [5, 5.41) is 3.86. The minimum absolute atomic E-state index is 0.0402. The van der Waals surface area contributed by atoms with E-state index < -0.39 is 0 Å². The third-order valence-corrected chi connectivity index (χ3v) is 3.49. The van der Waals surface area contributed by atoms with Crippen LogP contribution in [-0.4, -0.2) is 37.6 Å². The van der Waals surface area contributed by atoms with Gasteiger partial charge in [-0.3, -0.25) is 4.79 Å². The number of hydrogen-bond acceptors (Lipinski definition) is 3. The molecule has 1 aromatic rings. The molecule has 0 fully saturated rings. The summed E-state index contributed by atoms with van der Waals surface area (Å²) in [6.07, 6.45) is 5.91. The highest BCUT2D eigenvalue weighted by Gasteiger charge is 2.13. The Morgan fingerprint density at radius 1 is 1.50 bits per heavy atom. The Kier molecular flexibility index (Phi) is 4.90. The number of nitrogens with one attached hydrogen (secondary N) is 1. The molecule has 20 heavy (non-hydrogen) atoms. The van der Waals surface area contributed by atoms with Gasteiger partial charge in [0.1, 0.15) is 6.10 Å². The quantitative estimate of drug-likeness (QED) is 0.927. The van der Waals surface area contributed by atoms with E-state index in [1.165, 1.54) is 0 Å². The van der Waals surface area contributed by atoms with Crippen molar-refractivity contribution in [2.45, 2.75) is 18.9 Å². The summed E-state index contributed by atoms with van der Waals surface area (Å²) >= 11 is 6.16. The van der Waals surface area contributed by atoms with Crippen molar-refractivity contribution < 1.29 is 9.53 Å². The molecule has 0 bridgehead atoms. The van der Waals surface area contributed by atoms with E-state index in [1.807, 2.05) is 6.08 Å². The summed E-state index contributed by atoms with van der Waals surface area (Å²) in [7, 11) is 3.46. The molecule has 1 amide bonds. The number of carbonyl (C=O) groups is 1. The van der Waals surface area contributed by atoms with Gasteiger partial charge >= 0.3 is 0 Å². The number of anilines is 1. The van der Waals surface area contributed by atoms with E-state index >= 15 is 0 Å². The number of carbonyl (C=O) groups excluding carboxylic acids is 1. The van der Waals surface area contributed by atoms with Crippen molar-refractivity contribution in [2.75, 3.05) is 26.0 Å². The van der Waals surface area contributed by atoms with Gasteiger partial charge in [0.05, 0.1) is 23.5 Å². The second kappa shape index (κ2) is 6.66. The maximum absolute atomic E-state index is 11.9. The lowest BCUT2D eigenvalue weighted by molar-refractivity contribution is 0.0827. The van der Waals surface area contributed by atoms with Gasteiger partial charge in [0.15, 0.2) is 0 Å². The van der Waals surface area contributed by atoms with Crippen LogP contribution in [0.4, 0.5) is 5.69 Å². The molecule has 1 heterocycles. The molecule has 108 valence electrons. The monoisotopic (exact) mass is 294 g/mol. The highest BCUT2D eigenvalue weighted by Crippen LogP contribution is 2.24. The number of ether oxygens (including phenoxy) is 1. The van der Waals surface area contributed by atoms with Gasteiger partial charge in [0.25, 0.3) is 5.91 Å². The highest BCUT2D eigenvalue weighted by molar-refractivity contribution is 6.33. The molecule has 4 nitrogen and oxygen atoms in total. The average Bonchev–Trinajstić information content (AvgIpc) is 2.46. The molecule has 0 saturated heterocycles. The first kappa shape index (κ1) is 14.7. The van der Waals surface area contributed by atoms with E-state index in [0.29, 0.717) is 17.1 Å². The highest BCUT2D eigenvalue weighted by atomic mass is 35.5. The molecule has 2 rings (SSSR count). The minimum atomic E-state index is -0.0402. The molecule has 5 heteroatoms. The number of allylic oxidation sites excluding steroid dienone is 1. The molecule has 0 aromatic heterocycles. The average molecular weight is 295 g/mol. The summed E-state index contributed by atoms with van der Waals surface area (Å²) < 4.78 is 5.49. The Labute approximate surface area is 124 Å². The first-order valence-corrected chi connectivity index (χ1v) is 7.01. The van der Waals surface area contributed by atoms with E-state index in [9.17, 15) is 4.79 Å². The van der Waals surface area contributed by atoms with Gasteiger partial charge < -0.3 is 15.0 Å². The predicted molar refractivity (Wildman–Crippen MR) is 81.2 cm³/mol. The van der Waals surface area contributed by atoms with Gasteiger partial charge in [0, 0.05) is 19.7 Å². The van der Waals surface area contributed by atoms with Gasteiger partial charge in [0.2, 0.25) is 0 Å². The Morgan fingerprint density at radius 2 is 2.30 bits per heavy atom. The SMILES string of the molecule is CN(C)C(=O)c1ccc(Cl)c(NCC2CCC=CO2)c1. The molecule has 0 radical (unpaired) electrons. The molecule has 1 aliphatic heterocycles. The van der Waals surface area contributed by atoms with E-state index in [4.69, 9.17) is 16.3 Å². The van der Waals surface area contributed by atoms with Crippen LogP contribution < -0.4 is 5.32 Å². The molecule has 0 saturated carbocycles. The number of nitrogens with zero attached hydrogens (tertiary/aromatic N) is 1. The van der Waals surface area contributed by atoms with Gasteiger partial charge in [-0.15, -0.1) is 0 Å². The van der Waals surface area contributed by atoms with Gasteiger partial charge in [-0.1, -0.05) is 11.6 Å². The molecule has 0 spiro atoms. The van der Waals surface area contributed by atoms with Crippen molar-refractivity contribution in [3.05, 3.63) is 41.1 Å². The first-order chi connectivity index (χ1) is 9.58. The third kappa shape index (κ3) is 3.67. The van der Waals surface area contributed by atoms with Gasteiger partial charge in [-0.05, 0) is 37.1 Å². The molecule has 1 aliphatic rings. The van der Waals surface area contributed by atoms with Crippen LogP contribution in [-0.2, 0) is 4.74 Å². The molecule has 1 unspecified atom stereocenters. The van der Waals surface area contributed by atoms with Crippen molar-refractivity contribution in [1.29, 1.82) is 0 Å². The summed E-state index contributed by atoms with van der Waals surface area (Å²) in [5.74, 6) is -0.0402. The maximum atomic E-state index is 11.9. The normalized spacial score (nSPS) is 17.4. The summed E-state index contributed by atoms with van der Waals surface area (Å²) in [6, 6.07) is 5.25. The Morgan fingerprint density at radius 3 is 2.95 bits per heavy atom. The molecule has 1 aromatic carbocycles. The standard InChI is InChI=1S/C15H19ClN2O2/c1-18(2)15(19)11-6-7-13(16)14(9-11)17-10-12-5-3-4-8-20-12/h4,6-9,12,17H,3,5,10H2,1-2H3. The minimum Gasteiger partial charge on any atom is -0.497 e. The summed E-state index contributed by atoms with van der Waals surface area (Å²) in [6.45, 7) is 0.670. The smallest absolute Gasteiger partial charge is 0.253 e. The van der Waals surface area contributed by atoms with Crippen molar-refractivity contribution in [3.8, 4) is 0 Å². The lowest BCUT2D eigenvalue weighted by atomic mass is 10.1. The predicted octanol–water partition coefficient (Wildman–Crippen LogP) is 3.15. The number of rotatable bonds is 4.